The van der Waals surface area contributed by atoms with Crippen molar-refractivity contribution in [2.24, 2.45) is 0 Å². The van der Waals surface area contributed by atoms with Crippen LogP contribution in [0.1, 0.15) is 4.11 Å². The molecule has 0 fully saturated rings. The second kappa shape index (κ2) is 4.17. The lowest BCUT2D eigenvalue weighted by atomic mass is 10.1. The highest BCUT2D eigenvalue weighted by Crippen LogP contribution is 2.25. The molecular weight excluding hydrogens is 244 g/mol. The van der Waals surface area contributed by atoms with Gasteiger partial charge in [0.2, 0.25) is 0 Å². The number of benzene rings is 2. The average Bonchev–Trinajstić information content (AvgIpc) is 2.48. The van der Waals surface area contributed by atoms with E-state index in [9.17, 15) is 15.0 Å². The fourth-order valence-electron chi connectivity index (χ4n) is 1.73. The molecule has 0 bridgehead atoms. The summed E-state index contributed by atoms with van der Waals surface area (Å²) >= 11 is 0. The van der Waals surface area contributed by atoms with Gasteiger partial charge in [0.15, 0.2) is 5.43 Å². The van der Waals surface area contributed by atoms with E-state index in [4.69, 9.17) is 8.53 Å². The molecule has 4 nitrogen and oxygen atoms in total. The number of hydrogen-bond acceptors (Lipinski definition) is 4. The highest BCUT2D eigenvalue weighted by molar-refractivity contribution is 5.80. The van der Waals surface area contributed by atoms with Crippen LogP contribution in [0.25, 0.3) is 22.3 Å². The van der Waals surface area contributed by atoms with Crippen LogP contribution in [0.4, 0.5) is 0 Å². The highest BCUT2D eigenvalue weighted by atomic mass is 16.3. The molecule has 19 heavy (non-hydrogen) atoms. The largest absolute Gasteiger partial charge is 0.508 e. The second-order valence-corrected chi connectivity index (χ2v) is 3.94. The number of phenolic OH excluding ortho intramolecular Hbond substituents is 2. The van der Waals surface area contributed by atoms with Gasteiger partial charge in [-0.05, 0) is 36.4 Å². The fraction of sp³-hybridized carbons (Fsp3) is 0. The van der Waals surface area contributed by atoms with Crippen molar-refractivity contribution >= 4 is 11.0 Å². The molecule has 2 aromatic carbocycles. The Kier molecular flexibility index (Phi) is 1.84. The Morgan fingerprint density at radius 1 is 1.05 bits per heavy atom. The van der Waals surface area contributed by atoms with E-state index in [1.165, 1.54) is 30.3 Å². The summed E-state index contributed by atoms with van der Waals surface area (Å²) in [7, 11) is 0. The molecule has 1 aromatic heterocycles. The molecule has 0 atom stereocenters. The van der Waals surface area contributed by atoms with Gasteiger partial charge in [-0.3, -0.25) is 4.79 Å². The van der Waals surface area contributed by atoms with E-state index in [1.54, 1.807) is 0 Å². The maximum Gasteiger partial charge on any atom is 0.193 e. The Bertz CT molecular complexity index is 940. The van der Waals surface area contributed by atoms with Crippen molar-refractivity contribution in [3.8, 4) is 22.8 Å². The van der Waals surface area contributed by atoms with Crippen molar-refractivity contribution in [1.82, 2.24) is 0 Å². The summed E-state index contributed by atoms with van der Waals surface area (Å²) in [6, 6.07) is 5.44. The van der Waals surface area contributed by atoms with Gasteiger partial charge < -0.3 is 14.6 Å². The molecule has 1 heterocycles. The predicted octanol–water partition coefficient (Wildman–Crippen LogP) is 2.87. The minimum absolute atomic E-state index is 0.0543. The molecule has 0 aliphatic carbocycles. The van der Waals surface area contributed by atoms with Crippen molar-refractivity contribution < 1.29 is 18.7 Å². The van der Waals surface area contributed by atoms with Gasteiger partial charge in [-0.25, -0.2) is 0 Å². The van der Waals surface area contributed by atoms with Gasteiger partial charge in [-0.1, -0.05) is 0 Å². The quantitative estimate of drug-likeness (QED) is 0.703. The third-order valence-corrected chi connectivity index (χ3v) is 2.65. The topological polar surface area (TPSA) is 70.7 Å². The first kappa shape index (κ1) is 8.37. The van der Waals surface area contributed by atoms with Crippen molar-refractivity contribution in [3.05, 3.63) is 58.7 Å². The molecule has 0 radical (unpaired) electrons. The fourth-order valence-corrected chi connectivity index (χ4v) is 1.73. The Morgan fingerprint density at radius 2 is 1.79 bits per heavy atom. The van der Waals surface area contributed by atoms with E-state index in [2.05, 4.69) is 0 Å². The van der Waals surface area contributed by atoms with Crippen LogP contribution in [0, 0.1) is 0 Å². The normalized spacial score (nSPS) is 12.9. The summed E-state index contributed by atoms with van der Waals surface area (Å²) in [5, 5.41) is 19.2. The Hall–Kier alpha value is -2.75. The molecule has 2 N–H and O–H groups in total. The van der Waals surface area contributed by atoms with E-state index in [1.807, 2.05) is 0 Å². The monoisotopic (exact) mass is 257 g/mol. The maximum absolute atomic E-state index is 12.1. The summed E-state index contributed by atoms with van der Waals surface area (Å²) in [5.74, 6) is -0.731. The van der Waals surface area contributed by atoms with Crippen LogP contribution >= 0.6 is 0 Å². The predicted molar refractivity (Wildman–Crippen MR) is 71.2 cm³/mol. The van der Waals surface area contributed by atoms with E-state index >= 15 is 0 Å². The molecule has 94 valence electrons. The smallest absolute Gasteiger partial charge is 0.193 e. The molecule has 0 spiro atoms. The first-order valence-electron chi connectivity index (χ1n) is 6.95. The Balaban J connectivity index is 2.33. The standard InChI is InChI=1S/C15H10O4/c16-10-3-1-9(2-4-10)14-8-13(18)12-6-5-11(17)7-15(12)19-14/h1-8,16-17H/i3D,4D,7D. The molecule has 0 saturated heterocycles. The van der Waals surface area contributed by atoms with Crippen molar-refractivity contribution in [1.29, 1.82) is 0 Å². The first-order valence-corrected chi connectivity index (χ1v) is 5.45. The number of aromatic hydroxyl groups is 2. The number of rotatable bonds is 1. The molecule has 3 rings (SSSR count). The minimum Gasteiger partial charge on any atom is -0.508 e. The molecule has 0 aliphatic heterocycles. The van der Waals surface area contributed by atoms with E-state index < -0.39 is 11.2 Å². The van der Waals surface area contributed by atoms with E-state index in [-0.39, 0.29) is 46.2 Å². The third kappa shape index (κ3) is 2.04. The SMILES string of the molecule is [2H]c1cc(-c2cc(=O)c3ccc(O)c([2H])c3o2)cc([2H])c1O. The molecule has 4 heteroatoms. The zero-order valence-electron chi connectivity index (χ0n) is 12.6. The van der Waals surface area contributed by atoms with Crippen LogP contribution in [0.3, 0.4) is 0 Å². The molecule has 0 saturated carbocycles. The van der Waals surface area contributed by atoms with Gasteiger partial charge >= 0.3 is 0 Å². The summed E-state index contributed by atoms with van der Waals surface area (Å²) in [6.45, 7) is 0. The summed E-state index contributed by atoms with van der Waals surface area (Å²) in [4.78, 5) is 12.1. The van der Waals surface area contributed by atoms with Gasteiger partial charge in [-0.15, -0.1) is 0 Å². The molecule has 0 amide bonds. The second-order valence-electron chi connectivity index (χ2n) is 3.94. The molecular formula is C15H10O4. The average molecular weight is 257 g/mol. The van der Waals surface area contributed by atoms with Crippen molar-refractivity contribution in [2.45, 2.75) is 0 Å². The first-order chi connectivity index (χ1) is 10.4. The van der Waals surface area contributed by atoms with Gasteiger partial charge in [-0.2, -0.15) is 0 Å². The van der Waals surface area contributed by atoms with E-state index in [0.29, 0.717) is 0 Å². The molecule has 3 aromatic rings. The Labute approximate surface area is 112 Å². The van der Waals surface area contributed by atoms with Gasteiger partial charge in [0.05, 0.1) is 9.50 Å². The van der Waals surface area contributed by atoms with Crippen molar-refractivity contribution in [3.63, 3.8) is 0 Å². The van der Waals surface area contributed by atoms with Crippen molar-refractivity contribution in [2.75, 3.05) is 0 Å². The van der Waals surface area contributed by atoms with Crippen LogP contribution in [0.15, 0.2) is 57.7 Å². The molecule has 0 unspecified atom stereocenters. The lowest BCUT2D eigenvalue weighted by Gasteiger charge is -2.03. The summed E-state index contributed by atoms with van der Waals surface area (Å²) in [6.07, 6.45) is 0. The van der Waals surface area contributed by atoms with Crippen LogP contribution in [0.2, 0.25) is 0 Å². The van der Waals surface area contributed by atoms with Crippen LogP contribution < -0.4 is 5.43 Å². The summed E-state index contributed by atoms with van der Waals surface area (Å²) in [5.41, 5.74) is -0.223. The van der Waals surface area contributed by atoms with E-state index in [0.717, 1.165) is 0 Å². The third-order valence-electron chi connectivity index (χ3n) is 2.65. The van der Waals surface area contributed by atoms with Gasteiger partial charge in [0, 0.05) is 17.7 Å². The number of phenols is 2. The van der Waals surface area contributed by atoms with Gasteiger partial charge in [0.1, 0.15) is 22.8 Å². The minimum atomic E-state index is -0.467. The lowest BCUT2D eigenvalue weighted by molar-refractivity contribution is 0.474. The number of fused-ring (bicyclic) bond motifs is 1. The summed E-state index contributed by atoms with van der Waals surface area (Å²) < 4.78 is 28.4. The van der Waals surface area contributed by atoms with Gasteiger partial charge in [0.25, 0.3) is 0 Å². The van der Waals surface area contributed by atoms with Crippen LogP contribution in [-0.4, -0.2) is 10.2 Å². The zero-order chi connectivity index (χ0) is 16.0. The lowest BCUT2D eigenvalue weighted by Crippen LogP contribution is -1.99. The van der Waals surface area contributed by atoms with Crippen LogP contribution in [0.5, 0.6) is 11.5 Å². The van der Waals surface area contributed by atoms with Crippen LogP contribution in [-0.2, 0) is 0 Å². The Morgan fingerprint density at radius 3 is 2.53 bits per heavy atom. The number of hydrogen-bond donors (Lipinski definition) is 2. The zero-order valence-corrected chi connectivity index (χ0v) is 9.60. The maximum atomic E-state index is 12.1. The molecule has 0 aliphatic rings. The highest BCUT2D eigenvalue weighted by Gasteiger charge is 2.07.